The summed E-state index contributed by atoms with van der Waals surface area (Å²) in [5, 5.41) is 0. The predicted octanol–water partition coefficient (Wildman–Crippen LogP) is 0.764. The number of carbonyl (C=O) groups is 2. The highest BCUT2D eigenvalue weighted by atomic mass is 16.2. The lowest BCUT2D eigenvalue weighted by Crippen LogP contribution is -2.23. The normalized spacial score (nSPS) is 9.73. The van der Waals surface area contributed by atoms with Crippen molar-refractivity contribution in [3.8, 4) is 0 Å². The van der Waals surface area contributed by atoms with Gasteiger partial charge in [0.15, 0.2) is 0 Å². The highest BCUT2D eigenvalue weighted by molar-refractivity contribution is 5.92. The minimum Gasteiger partial charge on any atom is -0.366 e. The number of amides is 2. The fourth-order valence-corrected chi connectivity index (χ4v) is 1.16. The van der Waals surface area contributed by atoms with E-state index >= 15 is 0 Å². The third-order valence-electron chi connectivity index (χ3n) is 2.20. The van der Waals surface area contributed by atoms with E-state index in [1.807, 2.05) is 0 Å². The average Bonchev–Trinajstić information content (AvgIpc) is 2.18. The van der Waals surface area contributed by atoms with E-state index in [0.717, 1.165) is 5.56 Å². The Morgan fingerprint density at radius 1 is 1.27 bits per heavy atom. The first-order valence-electron chi connectivity index (χ1n) is 4.61. The monoisotopic (exact) mass is 206 g/mol. The Kier molecular flexibility index (Phi) is 3.44. The summed E-state index contributed by atoms with van der Waals surface area (Å²) in [6.07, 6.45) is 0. The van der Waals surface area contributed by atoms with Crippen LogP contribution in [0.2, 0.25) is 0 Å². The summed E-state index contributed by atoms with van der Waals surface area (Å²) in [5.74, 6) is -0.435. The molecule has 0 radical (unpaired) electrons. The van der Waals surface area contributed by atoms with E-state index in [9.17, 15) is 9.59 Å². The molecule has 4 heteroatoms. The molecule has 2 amide bonds. The third kappa shape index (κ3) is 3.09. The maximum absolute atomic E-state index is 11.0. The minimum absolute atomic E-state index is 0.00831. The molecule has 0 atom stereocenters. The first-order valence-corrected chi connectivity index (χ1v) is 4.61. The van der Waals surface area contributed by atoms with Gasteiger partial charge in [-0.1, -0.05) is 12.1 Å². The first kappa shape index (κ1) is 11.2. The van der Waals surface area contributed by atoms with Gasteiger partial charge >= 0.3 is 0 Å². The summed E-state index contributed by atoms with van der Waals surface area (Å²) in [6.45, 7) is 2.05. The van der Waals surface area contributed by atoms with E-state index in [1.165, 1.54) is 6.92 Å². The van der Waals surface area contributed by atoms with Gasteiger partial charge in [0.25, 0.3) is 0 Å². The molecule has 2 N–H and O–H groups in total. The van der Waals surface area contributed by atoms with Gasteiger partial charge in [0.1, 0.15) is 0 Å². The minimum atomic E-state index is -0.443. The molecule has 0 aliphatic heterocycles. The Labute approximate surface area is 88.7 Å². The van der Waals surface area contributed by atoms with Gasteiger partial charge in [-0.15, -0.1) is 0 Å². The Morgan fingerprint density at radius 2 is 1.80 bits per heavy atom. The summed E-state index contributed by atoms with van der Waals surface area (Å²) >= 11 is 0. The second kappa shape index (κ2) is 4.59. The molecular weight excluding hydrogens is 192 g/mol. The number of nitrogens with zero attached hydrogens (tertiary/aromatic N) is 1. The van der Waals surface area contributed by atoms with Gasteiger partial charge in [-0.2, -0.15) is 0 Å². The molecular formula is C11H14N2O2. The van der Waals surface area contributed by atoms with Crippen LogP contribution in [-0.4, -0.2) is 23.8 Å². The van der Waals surface area contributed by atoms with Gasteiger partial charge < -0.3 is 10.6 Å². The van der Waals surface area contributed by atoms with Crippen LogP contribution in [-0.2, 0) is 11.3 Å². The fraction of sp³-hybridized carbons (Fsp3) is 0.273. The number of carbonyl (C=O) groups excluding carboxylic acids is 2. The topological polar surface area (TPSA) is 63.4 Å². The summed E-state index contributed by atoms with van der Waals surface area (Å²) in [6, 6.07) is 6.90. The number of nitrogens with two attached hydrogens (primary N) is 1. The van der Waals surface area contributed by atoms with Crippen molar-refractivity contribution < 1.29 is 9.59 Å². The molecule has 1 rings (SSSR count). The van der Waals surface area contributed by atoms with Crippen molar-refractivity contribution in [2.45, 2.75) is 13.5 Å². The molecule has 0 aliphatic carbocycles. The van der Waals surface area contributed by atoms with Crippen molar-refractivity contribution in [2.75, 3.05) is 7.05 Å². The van der Waals surface area contributed by atoms with Crippen LogP contribution < -0.4 is 5.73 Å². The van der Waals surface area contributed by atoms with Crippen LogP contribution in [0.15, 0.2) is 24.3 Å². The first-order chi connectivity index (χ1) is 7.00. The molecule has 0 unspecified atom stereocenters. The van der Waals surface area contributed by atoms with Crippen LogP contribution in [0.1, 0.15) is 22.8 Å². The molecule has 0 fully saturated rings. The Bertz CT molecular complexity index is 371. The van der Waals surface area contributed by atoms with Crippen LogP contribution >= 0.6 is 0 Å². The standard InChI is InChI=1S/C11H14N2O2/c1-8(14)13(2)7-9-3-5-10(6-4-9)11(12)15/h3-6H,7H2,1-2H3,(H2,12,15). The quantitative estimate of drug-likeness (QED) is 0.793. The highest BCUT2D eigenvalue weighted by Gasteiger charge is 2.04. The number of benzene rings is 1. The van der Waals surface area contributed by atoms with E-state index in [2.05, 4.69) is 0 Å². The molecule has 0 heterocycles. The van der Waals surface area contributed by atoms with E-state index in [1.54, 1.807) is 36.2 Å². The molecule has 80 valence electrons. The van der Waals surface area contributed by atoms with Gasteiger partial charge in [-0.05, 0) is 17.7 Å². The van der Waals surface area contributed by atoms with Crippen molar-refractivity contribution >= 4 is 11.8 Å². The molecule has 0 saturated carbocycles. The van der Waals surface area contributed by atoms with Crippen molar-refractivity contribution in [3.05, 3.63) is 35.4 Å². The Hall–Kier alpha value is -1.84. The van der Waals surface area contributed by atoms with Gasteiger partial charge in [-0.25, -0.2) is 0 Å². The lowest BCUT2D eigenvalue weighted by Gasteiger charge is -2.14. The number of rotatable bonds is 3. The largest absolute Gasteiger partial charge is 0.366 e. The summed E-state index contributed by atoms with van der Waals surface area (Å²) in [7, 11) is 1.73. The van der Waals surface area contributed by atoms with Crippen molar-refractivity contribution in [1.82, 2.24) is 4.90 Å². The second-order valence-electron chi connectivity index (χ2n) is 3.44. The van der Waals surface area contributed by atoms with Crippen LogP contribution in [0.5, 0.6) is 0 Å². The predicted molar refractivity (Wildman–Crippen MR) is 57.1 cm³/mol. The Balaban J connectivity index is 2.72. The third-order valence-corrected chi connectivity index (χ3v) is 2.20. The van der Waals surface area contributed by atoms with Gasteiger partial charge in [0.05, 0.1) is 0 Å². The van der Waals surface area contributed by atoms with E-state index in [-0.39, 0.29) is 5.91 Å². The van der Waals surface area contributed by atoms with Crippen LogP contribution in [0, 0.1) is 0 Å². The fourth-order valence-electron chi connectivity index (χ4n) is 1.16. The molecule has 1 aromatic carbocycles. The molecule has 0 aliphatic rings. The average molecular weight is 206 g/mol. The van der Waals surface area contributed by atoms with Crippen LogP contribution in [0.3, 0.4) is 0 Å². The van der Waals surface area contributed by atoms with E-state index in [4.69, 9.17) is 5.73 Å². The van der Waals surface area contributed by atoms with Gasteiger partial charge in [0.2, 0.25) is 11.8 Å². The van der Waals surface area contributed by atoms with E-state index in [0.29, 0.717) is 12.1 Å². The zero-order chi connectivity index (χ0) is 11.4. The number of primary amides is 1. The lowest BCUT2D eigenvalue weighted by atomic mass is 10.1. The SMILES string of the molecule is CC(=O)N(C)Cc1ccc(C(N)=O)cc1. The molecule has 1 aromatic rings. The maximum Gasteiger partial charge on any atom is 0.248 e. The van der Waals surface area contributed by atoms with Crippen molar-refractivity contribution in [1.29, 1.82) is 0 Å². The second-order valence-corrected chi connectivity index (χ2v) is 3.44. The molecule has 0 bridgehead atoms. The summed E-state index contributed by atoms with van der Waals surface area (Å²) in [5.41, 5.74) is 6.56. The van der Waals surface area contributed by atoms with Crippen molar-refractivity contribution in [3.63, 3.8) is 0 Å². The lowest BCUT2D eigenvalue weighted by molar-refractivity contribution is -0.128. The smallest absolute Gasteiger partial charge is 0.248 e. The number of hydrogen-bond acceptors (Lipinski definition) is 2. The molecule has 15 heavy (non-hydrogen) atoms. The zero-order valence-corrected chi connectivity index (χ0v) is 8.86. The summed E-state index contributed by atoms with van der Waals surface area (Å²) < 4.78 is 0. The van der Waals surface area contributed by atoms with Gasteiger partial charge in [-0.3, -0.25) is 9.59 Å². The zero-order valence-electron chi connectivity index (χ0n) is 8.86. The molecule has 0 saturated heterocycles. The Morgan fingerprint density at radius 3 is 2.20 bits per heavy atom. The maximum atomic E-state index is 11.0. The van der Waals surface area contributed by atoms with E-state index < -0.39 is 5.91 Å². The van der Waals surface area contributed by atoms with Crippen LogP contribution in [0.4, 0.5) is 0 Å². The number of hydrogen-bond donors (Lipinski definition) is 1. The highest BCUT2D eigenvalue weighted by Crippen LogP contribution is 2.06. The molecule has 0 aromatic heterocycles. The summed E-state index contributed by atoms with van der Waals surface area (Å²) in [4.78, 5) is 23.4. The van der Waals surface area contributed by atoms with Crippen molar-refractivity contribution in [2.24, 2.45) is 5.73 Å². The van der Waals surface area contributed by atoms with Crippen LogP contribution in [0.25, 0.3) is 0 Å². The van der Waals surface area contributed by atoms with Gasteiger partial charge in [0, 0.05) is 26.1 Å². The molecule has 4 nitrogen and oxygen atoms in total. The molecule has 0 spiro atoms.